The lowest BCUT2D eigenvalue weighted by molar-refractivity contribution is 0.199. The first-order valence-electron chi connectivity index (χ1n) is 7.34. The summed E-state index contributed by atoms with van der Waals surface area (Å²) in [6.45, 7) is 8.21. The number of fused-ring (bicyclic) bond motifs is 1. The van der Waals surface area contributed by atoms with Crippen molar-refractivity contribution < 1.29 is 0 Å². The normalized spacial score (nSPS) is 23.4. The fraction of sp³-hybridized carbons (Fsp3) is 0.625. The number of hydrogen-bond donors (Lipinski definition) is 1. The quantitative estimate of drug-likeness (QED) is 0.878. The third-order valence-corrected chi connectivity index (χ3v) is 4.45. The van der Waals surface area contributed by atoms with Gasteiger partial charge < -0.3 is 5.32 Å². The third-order valence-electron chi connectivity index (χ3n) is 4.45. The summed E-state index contributed by atoms with van der Waals surface area (Å²) in [4.78, 5) is 2.67. The zero-order valence-corrected chi connectivity index (χ0v) is 11.6. The molecule has 98 valence electrons. The average molecular weight is 244 g/mol. The van der Waals surface area contributed by atoms with Crippen LogP contribution in [0.3, 0.4) is 0 Å². The maximum atomic E-state index is 3.48. The average Bonchev–Trinajstić information content (AvgIpc) is 2.96. The summed E-state index contributed by atoms with van der Waals surface area (Å²) in [5.74, 6) is 0.778. The molecule has 0 aromatic heterocycles. The number of rotatable bonds is 3. The maximum absolute atomic E-state index is 3.48. The summed E-state index contributed by atoms with van der Waals surface area (Å²) >= 11 is 0. The summed E-state index contributed by atoms with van der Waals surface area (Å²) in [6.07, 6.45) is 3.93. The Labute approximate surface area is 110 Å². The first kappa shape index (κ1) is 12.0. The number of nitrogens with one attached hydrogen (secondary N) is 1. The van der Waals surface area contributed by atoms with Crippen molar-refractivity contribution in [2.24, 2.45) is 5.92 Å². The van der Waals surface area contributed by atoms with E-state index in [0.29, 0.717) is 0 Å². The van der Waals surface area contributed by atoms with Gasteiger partial charge in [-0.1, -0.05) is 26.0 Å². The second kappa shape index (κ2) is 4.93. The van der Waals surface area contributed by atoms with E-state index in [2.05, 4.69) is 42.3 Å². The van der Waals surface area contributed by atoms with E-state index in [-0.39, 0.29) is 0 Å². The molecule has 0 amide bonds. The van der Waals surface area contributed by atoms with E-state index in [9.17, 15) is 0 Å². The van der Waals surface area contributed by atoms with Gasteiger partial charge in [-0.2, -0.15) is 0 Å². The smallest absolute Gasteiger partial charge is 0.0376 e. The van der Waals surface area contributed by atoms with Crippen molar-refractivity contribution in [2.75, 3.05) is 18.4 Å². The van der Waals surface area contributed by atoms with Crippen molar-refractivity contribution in [2.45, 2.75) is 45.7 Å². The molecular formula is C16H24N2. The van der Waals surface area contributed by atoms with Crippen LogP contribution >= 0.6 is 0 Å². The van der Waals surface area contributed by atoms with E-state index in [1.165, 1.54) is 42.6 Å². The highest BCUT2D eigenvalue weighted by Crippen LogP contribution is 2.28. The molecule has 2 heterocycles. The Balaban J connectivity index is 1.72. The Morgan fingerprint density at radius 3 is 3.11 bits per heavy atom. The van der Waals surface area contributed by atoms with Crippen molar-refractivity contribution in [3.63, 3.8) is 0 Å². The minimum Gasteiger partial charge on any atom is -0.384 e. The molecule has 1 unspecified atom stereocenters. The van der Waals surface area contributed by atoms with Crippen molar-refractivity contribution in [1.82, 2.24) is 4.90 Å². The molecule has 0 radical (unpaired) electrons. The highest BCUT2D eigenvalue weighted by atomic mass is 15.2. The standard InChI is InChI=1S/C16H24N2/c1-12(2)16-4-3-9-18(16)11-13-5-6-14-7-8-17-15(14)10-13/h5-6,10,12,16-17H,3-4,7-9,11H2,1-2H3. The summed E-state index contributed by atoms with van der Waals surface area (Å²) in [7, 11) is 0. The molecule has 1 aromatic carbocycles. The monoisotopic (exact) mass is 244 g/mol. The van der Waals surface area contributed by atoms with Crippen LogP contribution in [-0.2, 0) is 13.0 Å². The molecule has 2 nitrogen and oxygen atoms in total. The molecule has 1 aromatic rings. The van der Waals surface area contributed by atoms with E-state index >= 15 is 0 Å². The van der Waals surface area contributed by atoms with Crippen LogP contribution in [0.2, 0.25) is 0 Å². The third kappa shape index (κ3) is 2.26. The SMILES string of the molecule is CC(C)C1CCCN1Cc1ccc2c(c1)NCC2. The van der Waals surface area contributed by atoms with Gasteiger partial charge in [-0.25, -0.2) is 0 Å². The fourth-order valence-corrected chi connectivity index (χ4v) is 3.47. The maximum Gasteiger partial charge on any atom is 0.0376 e. The van der Waals surface area contributed by atoms with Gasteiger partial charge >= 0.3 is 0 Å². The molecule has 1 atom stereocenters. The zero-order valence-electron chi connectivity index (χ0n) is 11.6. The lowest BCUT2D eigenvalue weighted by atomic mass is 10.0. The predicted molar refractivity (Wildman–Crippen MR) is 76.9 cm³/mol. The molecule has 0 spiro atoms. The summed E-state index contributed by atoms with van der Waals surface area (Å²) in [6, 6.07) is 7.77. The summed E-state index contributed by atoms with van der Waals surface area (Å²) in [5, 5.41) is 3.48. The number of benzene rings is 1. The molecule has 0 aliphatic carbocycles. The molecule has 2 aliphatic heterocycles. The van der Waals surface area contributed by atoms with Gasteiger partial charge in [0.05, 0.1) is 0 Å². The van der Waals surface area contributed by atoms with Crippen LogP contribution < -0.4 is 5.32 Å². The molecule has 1 N–H and O–H groups in total. The van der Waals surface area contributed by atoms with Crippen molar-refractivity contribution in [3.05, 3.63) is 29.3 Å². The first-order valence-corrected chi connectivity index (χ1v) is 7.34. The first-order chi connectivity index (χ1) is 8.74. The van der Waals surface area contributed by atoms with E-state index in [1.807, 2.05) is 0 Å². The van der Waals surface area contributed by atoms with Crippen LogP contribution in [0.25, 0.3) is 0 Å². The van der Waals surface area contributed by atoms with Crippen LogP contribution in [0, 0.1) is 5.92 Å². The minimum atomic E-state index is 0.778. The Morgan fingerprint density at radius 2 is 2.28 bits per heavy atom. The van der Waals surface area contributed by atoms with Gasteiger partial charge in [0.1, 0.15) is 0 Å². The van der Waals surface area contributed by atoms with Crippen molar-refractivity contribution in [3.8, 4) is 0 Å². The molecular weight excluding hydrogens is 220 g/mol. The van der Waals surface area contributed by atoms with Gasteiger partial charge in [-0.15, -0.1) is 0 Å². The van der Waals surface area contributed by atoms with Gasteiger partial charge in [-0.05, 0) is 48.9 Å². The second-order valence-corrected chi connectivity index (χ2v) is 6.09. The molecule has 3 rings (SSSR count). The van der Waals surface area contributed by atoms with E-state index in [4.69, 9.17) is 0 Å². The number of anilines is 1. The summed E-state index contributed by atoms with van der Waals surface area (Å²) < 4.78 is 0. The second-order valence-electron chi connectivity index (χ2n) is 6.09. The molecule has 1 saturated heterocycles. The molecule has 0 saturated carbocycles. The molecule has 0 bridgehead atoms. The lowest BCUT2D eigenvalue weighted by Gasteiger charge is -2.27. The topological polar surface area (TPSA) is 15.3 Å². The fourth-order valence-electron chi connectivity index (χ4n) is 3.47. The van der Waals surface area contributed by atoms with Crippen molar-refractivity contribution >= 4 is 5.69 Å². The van der Waals surface area contributed by atoms with Crippen LogP contribution in [0.4, 0.5) is 5.69 Å². The Morgan fingerprint density at radius 1 is 1.39 bits per heavy atom. The van der Waals surface area contributed by atoms with Gasteiger partial charge in [0.2, 0.25) is 0 Å². The van der Waals surface area contributed by atoms with E-state index in [0.717, 1.165) is 25.0 Å². The van der Waals surface area contributed by atoms with Crippen LogP contribution in [0.1, 0.15) is 37.8 Å². The van der Waals surface area contributed by atoms with E-state index in [1.54, 1.807) is 0 Å². The largest absolute Gasteiger partial charge is 0.384 e. The molecule has 2 heteroatoms. The van der Waals surface area contributed by atoms with Crippen LogP contribution in [0.5, 0.6) is 0 Å². The molecule has 2 aliphatic rings. The highest BCUT2D eigenvalue weighted by Gasteiger charge is 2.26. The van der Waals surface area contributed by atoms with Gasteiger partial charge in [0.15, 0.2) is 0 Å². The highest BCUT2D eigenvalue weighted by molar-refractivity contribution is 5.57. The van der Waals surface area contributed by atoms with E-state index < -0.39 is 0 Å². The van der Waals surface area contributed by atoms with Gasteiger partial charge in [-0.3, -0.25) is 4.90 Å². The van der Waals surface area contributed by atoms with Crippen LogP contribution in [0.15, 0.2) is 18.2 Å². The zero-order chi connectivity index (χ0) is 12.5. The predicted octanol–water partition coefficient (Wildman–Crippen LogP) is 3.28. The van der Waals surface area contributed by atoms with Gasteiger partial charge in [0.25, 0.3) is 0 Å². The Bertz CT molecular complexity index is 425. The van der Waals surface area contributed by atoms with Crippen molar-refractivity contribution in [1.29, 1.82) is 0 Å². The molecule has 1 fully saturated rings. The number of likely N-dealkylation sites (tertiary alicyclic amines) is 1. The lowest BCUT2D eigenvalue weighted by Crippen LogP contribution is -2.32. The van der Waals surface area contributed by atoms with Crippen LogP contribution in [-0.4, -0.2) is 24.0 Å². The minimum absolute atomic E-state index is 0.778. The number of nitrogens with zero attached hydrogens (tertiary/aromatic N) is 1. The summed E-state index contributed by atoms with van der Waals surface area (Å²) in [5.41, 5.74) is 4.32. The Hall–Kier alpha value is -1.02. The Kier molecular flexibility index (Phi) is 3.29. The molecule has 18 heavy (non-hydrogen) atoms. The van der Waals surface area contributed by atoms with Gasteiger partial charge in [0, 0.05) is 24.8 Å². The number of hydrogen-bond acceptors (Lipinski definition) is 2.